The van der Waals surface area contributed by atoms with Gasteiger partial charge >= 0.3 is 0 Å². The first kappa shape index (κ1) is 12.6. The molecule has 1 aliphatic heterocycles. The second-order valence-electron chi connectivity index (χ2n) is 5.15. The van der Waals surface area contributed by atoms with Crippen molar-refractivity contribution in [2.24, 2.45) is 0 Å². The molecule has 0 spiro atoms. The summed E-state index contributed by atoms with van der Waals surface area (Å²) in [6.07, 6.45) is 3.37. The Kier molecular flexibility index (Phi) is 4.19. The van der Waals surface area contributed by atoms with E-state index in [1.54, 1.807) is 0 Å². The van der Waals surface area contributed by atoms with Crippen LogP contribution in [0.2, 0.25) is 0 Å². The van der Waals surface area contributed by atoms with Crippen LogP contribution in [-0.4, -0.2) is 36.2 Å². The van der Waals surface area contributed by atoms with Crippen LogP contribution in [0, 0.1) is 0 Å². The molecule has 0 unspecified atom stereocenters. The first-order chi connectivity index (χ1) is 8.30. The predicted octanol–water partition coefficient (Wildman–Crippen LogP) is 2.42. The standard InChI is InChI=1S/C15H23NO/c1-2-10-16-11-8-15(13-17,9-12-16)14-6-4-3-5-7-14/h3-7,17H,2,8-13H2,1H3. The van der Waals surface area contributed by atoms with Crippen molar-refractivity contribution >= 4 is 0 Å². The quantitative estimate of drug-likeness (QED) is 0.863. The first-order valence-electron chi connectivity index (χ1n) is 6.69. The molecule has 1 heterocycles. The van der Waals surface area contributed by atoms with Crippen LogP contribution in [0.1, 0.15) is 31.7 Å². The fraction of sp³-hybridized carbons (Fsp3) is 0.600. The monoisotopic (exact) mass is 233 g/mol. The summed E-state index contributed by atoms with van der Waals surface area (Å²) in [5.74, 6) is 0. The molecular formula is C15H23NO. The highest BCUT2D eigenvalue weighted by atomic mass is 16.3. The number of aliphatic hydroxyl groups is 1. The number of nitrogens with zero attached hydrogens (tertiary/aromatic N) is 1. The van der Waals surface area contributed by atoms with Crippen molar-refractivity contribution < 1.29 is 5.11 Å². The van der Waals surface area contributed by atoms with Crippen molar-refractivity contribution in [1.29, 1.82) is 0 Å². The van der Waals surface area contributed by atoms with E-state index in [-0.39, 0.29) is 12.0 Å². The second kappa shape index (κ2) is 5.65. The Balaban J connectivity index is 2.08. The summed E-state index contributed by atoms with van der Waals surface area (Å²) in [7, 11) is 0. The molecule has 94 valence electrons. The molecule has 1 saturated heterocycles. The van der Waals surface area contributed by atoms with Crippen LogP contribution < -0.4 is 0 Å². The van der Waals surface area contributed by atoms with Gasteiger partial charge in [0, 0.05) is 5.41 Å². The molecule has 1 aromatic carbocycles. The number of hydrogen-bond acceptors (Lipinski definition) is 2. The van der Waals surface area contributed by atoms with Crippen molar-refractivity contribution in [3.63, 3.8) is 0 Å². The summed E-state index contributed by atoms with van der Waals surface area (Å²) in [4.78, 5) is 2.51. The third kappa shape index (κ3) is 2.70. The third-order valence-electron chi connectivity index (χ3n) is 4.04. The molecular weight excluding hydrogens is 210 g/mol. The highest BCUT2D eigenvalue weighted by Gasteiger charge is 2.35. The largest absolute Gasteiger partial charge is 0.395 e. The molecule has 0 radical (unpaired) electrons. The lowest BCUT2D eigenvalue weighted by atomic mass is 9.73. The molecule has 1 N–H and O–H groups in total. The van der Waals surface area contributed by atoms with E-state index >= 15 is 0 Å². The van der Waals surface area contributed by atoms with E-state index in [9.17, 15) is 5.11 Å². The Hall–Kier alpha value is -0.860. The van der Waals surface area contributed by atoms with Gasteiger partial charge in [-0.2, -0.15) is 0 Å². The normalized spacial score (nSPS) is 20.4. The van der Waals surface area contributed by atoms with Crippen molar-refractivity contribution in [3.05, 3.63) is 35.9 Å². The SMILES string of the molecule is CCCN1CCC(CO)(c2ccccc2)CC1. The van der Waals surface area contributed by atoms with Gasteiger partial charge in [-0.25, -0.2) is 0 Å². The van der Waals surface area contributed by atoms with Crippen LogP contribution in [0.25, 0.3) is 0 Å². The Bertz CT molecular complexity index is 328. The van der Waals surface area contributed by atoms with Gasteiger partial charge in [0.25, 0.3) is 0 Å². The van der Waals surface area contributed by atoms with Crippen LogP contribution in [0.3, 0.4) is 0 Å². The average Bonchev–Trinajstić information content (AvgIpc) is 2.41. The molecule has 0 aliphatic carbocycles. The first-order valence-corrected chi connectivity index (χ1v) is 6.69. The van der Waals surface area contributed by atoms with Crippen LogP contribution in [-0.2, 0) is 5.41 Å². The van der Waals surface area contributed by atoms with Crippen LogP contribution in [0.4, 0.5) is 0 Å². The zero-order chi connectivity index (χ0) is 12.1. The van der Waals surface area contributed by atoms with Crippen LogP contribution in [0.5, 0.6) is 0 Å². The Morgan fingerprint density at radius 2 is 1.82 bits per heavy atom. The van der Waals surface area contributed by atoms with Gasteiger partial charge in [0.1, 0.15) is 0 Å². The number of aliphatic hydroxyl groups excluding tert-OH is 1. The summed E-state index contributed by atoms with van der Waals surface area (Å²) >= 11 is 0. The summed E-state index contributed by atoms with van der Waals surface area (Å²) in [6, 6.07) is 10.5. The van der Waals surface area contributed by atoms with Crippen molar-refractivity contribution in [2.75, 3.05) is 26.2 Å². The molecule has 0 aromatic heterocycles. The summed E-state index contributed by atoms with van der Waals surface area (Å²) in [6.45, 7) is 5.92. The Morgan fingerprint density at radius 1 is 1.18 bits per heavy atom. The van der Waals surface area contributed by atoms with Gasteiger partial charge in [-0.15, -0.1) is 0 Å². The van der Waals surface area contributed by atoms with Gasteiger partial charge < -0.3 is 10.0 Å². The maximum Gasteiger partial charge on any atom is 0.0528 e. The van der Waals surface area contributed by atoms with E-state index in [1.807, 2.05) is 6.07 Å². The number of rotatable bonds is 4. The Morgan fingerprint density at radius 3 is 2.35 bits per heavy atom. The number of likely N-dealkylation sites (tertiary alicyclic amines) is 1. The maximum atomic E-state index is 9.79. The van der Waals surface area contributed by atoms with E-state index in [0.29, 0.717) is 0 Å². The van der Waals surface area contributed by atoms with Crippen LogP contribution in [0.15, 0.2) is 30.3 Å². The zero-order valence-electron chi connectivity index (χ0n) is 10.7. The highest BCUT2D eigenvalue weighted by molar-refractivity contribution is 5.26. The molecule has 17 heavy (non-hydrogen) atoms. The second-order valence-corrected chi connectivity index (χ2v) is 5.15. The minimum atomic E-state index is 0.00546. The number of benzene rings is 1. The van der Waals surface area contributed by atoms with E-state index < -0.39 is 0 Å². The lowest BCUT2D eigenvalue weighted by Gasteiger charge is -2.41. The highest BCUT2D eigenvalue weighted by Crippen LogP contribution is 2.34. The average molecular weight is 233 g/mol. The molecule has 2 heteroatoms. The number of piperidine rings is 1. The van der Waals surface area contributed by atoms with Gasteiger partial charge in [0.15, 0.2) is 0 Å². The molecule has 1 aromatic rings. The minimum absolute atomic E-state index is 0.00546. The van der Waals surface area contributed by atoms with E-state index in [0.717, 1.165) is 25.9 Å². The molecule has 0 atom stereocenters. The van der Waals surface area contributed by atoms with Crippen molar-refractivity contribution in [1.82, 2.24) is 4.90 Å². The van der Waals surface area contributed by atoms with Gasteiger partial charge in [-0.05, 0) is 44.5 Å². The van der Waals surface area contributed by atoms with Gasteiger partial charge in [0.2, 0.25) is 0 Å². The minimum Gasteiger partial charge on any atom is -0.395 e. The zero-order valence-corrected chi connectivity index (χ0v) is 10.7. The summed E-state index contributed by atoms with van der Waals surface area (Å²) < 4.78 is 0. The molecule has 1 aliphatic rings. The van der Waals surface area contributed by atoms with Gasteiger partial charge in [0.05, 0.1) is 6.61 Å². The summed E-state index contributed by atoms with van der Waals surface area (Å²) in [5.41, 5.74) is 1.31. The fourth-order valence-electron chi connectivity index (χ4n) is 2.85. The summed E-state index contributed by atoms with van der Waals surface area (Å²) in [5, 5.41) is 9.79. The lowest BCUT2D eigenvalue weighted by Crippen LogP contribution is -2.44. The van der Waals surface area contributed by atoms with Gasteiger partial charge in [-0.1, -0.05) is 37.3 Å². The Labute approximate surface area is 104 Å². The van der Waals surface area contributed by atoms with Crippen molar-refractivity contribution in [2.45, 2.75) is 31.6 Å². The van der Waals surface area contributed by atoms with Crippen molar-refractivity contribution in [3.8, 4) is 0 Å². The molecule has 1 fully saturated rings. The van der Waals surface area contributed by atoms with E-state index in [4.69, 9.17) is 0 Å². The smallest absolute Gasteiger partial charge is 0.0528 e. The van der Waals surface area contributed by atoms with E-state index in [2.05, 4.69) is 36.1 Å². The maximum absolute atomic E-state index is 9.79. The third-order valence-corrected chi connectivity index (χ3v) is 4.04. The fourth-order valence-corrected chi connectivity index (χ4v) is 2.85. The lowest BCUT2D eigenvalue weighted by molar-refractivity contribution is 0.101. The predicted molar refractivity (Wildman–Crippen MR) is 71.2 cm³/mol. The number of hydrogen-bond donors (Lipinski definition) is 1. The van der Waals surface area contributed by atoms with Gasteiger partial charge in [-0.3, -0.25) is 0 Å². The molecule has 0 saturated carbocycles. The molecule has 2 rings (SSSR count). The topological polar surface area (TPSA) is 23.5 Å². The van der Waals surface area contributed by atoms with Crippen LogP contribution >= 0.6 is 0 Å². The molecule has 0 amide bonds. The molecule has 0 bridgehead atoms. The van der Waals surface area contributed by atoms with E-state index in [1.165, 1.54) is 18.5 Å². The molecule has 2 nitrogen and oxygen atoms in total.